The molecule has 2 aromatic rings. The van der Waals surface area contributed by atoms with Gasteiger partial charge < -0.3 is 0 Å². The standard InChI is InChI=1S/C15H18N4S/c1-2-12(1)15-18-17-14(20-15)10-19-8-5-13(9-19)11-3-6-16-7-4-11/h3-4,6-7,12-13H,1-2,5,8-10H2. The lowest BCUT2D eigenvalue weighted by Gasteiger charge is -2.14. The highest BCUT2D eigenvalue weighted by Gasteiger charge is 2.29. The van der Waals surface area contributed by atoms with Gasteiger partial charge in [0.25, 0.3) is 0 Å². The largest absolute Gasteiger partial charge is 0.296 e. The first-order chi connectivity index (χ1) is 9.88. The average molecular weight is 286 g/mol. The van der Waals surface area contributed by atoms with E-state index in [4.69, 9.17) is 0 Å². The van der Waals surface area contributed by atoms with Gasteiger partial charge in [-0.1, -0.05) is 11.3 Å². The summed E-state index contributed by atoms with van der Waals surface area (Å²) in [6.07, 6.45) is 7.64. The number of rotatable bonds is 4. The van der Waals surface area contributed by atoms with Gasteiger partial charge in [-0.05, 0) is 49.4 Å². The summed E-state index contributed by atoms with van der Waals surface area (Å²) in [4.78, 5) is 6.60. The fraction of sp³-hybridized carbons (Fsp3) is 0.533. The Morgan fingerprint density at radius 3 is 2.75 bits per heavy atom. The van der Waals surface area contributed by atoms with Crippen LogP contribution >= 0.6 is 11.3 Å². The van der Waals surface area contributed by atoms with Crippen LogP contribution in [0.1, 0.15) is 46.7 Å². The van der Waals surface area contributed by atoms with Crippen LogP contribution in [0.5, 0.6) is 0 Å². The lowest BCUT2D eigenvalue weighted by molar-refractivity contribution is 0.325. The molecule has 4 rings (SSSR count). The highest BCUT2D eigenvalue weighted by atomic mass is 32.1. The highest BCUT2D eigenvalue weighted by Crippen LogP contribution is 2.41. The Hall–Kier alpha value is -1.33. The molecule has 20 heavy (non-hydrogen) atoms. The van der Waals surface area contributed by atoms with Gasteiger partial charge in [-0.3, -0.25) is 9.88 Å². The van der Waals surface area contributed by atoms with Crippen molar-refractivity contribution in [2.24, 2.45) is 0 Å². The molecule has 0 aromatic carbocycles. The van der Waals surface area contributed by atoms with Crippen LogP contribution in [0.2, 0.25) is 0 Å². The molecule has 2 aliphatic rings. The summed E-state index contributed by atoms with van der Waals surface area (Å²) in [5, 5.41) is 11.1. The molecule has 3 heterocycles. The molecule has 1 saturated carbocycles. The Balaban J connectivity index is 1.38. The van der Waals surface area contributed by atoms with E-state index in [1.807, 2.05) is 23.7 Å². The zero-order valence-electron chi connectivity index (χ0n) is 11.4. The molecule has 2 fully saturated rings. The van der Waals surface area contributed by atoms with Crippen LogP contribution in [-0.4, -0.2) is 33.2 Å². The summed E-state index contributed by atoms with van der Waals surface area (Å²) in [7, 11) is 0. The van der Waals surface area contributed by atoms with Crippen LogP contribution in [-0.2, 0) is 6.54 Å². The van der Waals surface area contributed by atoms with Crippen LogP contribution < -0.4 is 0 Å². The summed E-state index contributed by atoms with van der Waals surface area (Å²) >= 11 is 1.81. The fourth-order valence-electron chi connectivity index (χ4n) is 2.90. The van der Waals surface area contributed by atoms with Gasteiger partial charge in [-0.2, -0.15) is 0 Å². The van der Waals surface area contributed by atoms with Gasteiger partial charge in [-0.25, -0.2) is 0 Å². The lowest BCUT2D eigenvalue weighted by Crippen LogP contribution is -2.19. The zero-order valence-corrected chi connectivity index (χ0v) is 12.2. The maximum Gasteiger partial charge on any atom is 0.131 e. The van der Waals surface area contributed by atoms with Crippen molar-refractivity contribution in [2.45, 2.75) is 37.6 Å². The Morgan fingerprint density at radius 1 is 1.10 bits per heavy atom. The maximum atomic E-state index is 4.36. The Labute approximate surface area is 122 Å². The van der Waals surface area contributed by atoms with Crippen molar-refractivity contribution in [2.75, 3.05) is 13.1 Å². The van der Waals surface area contributed by atoms with E-state index in [2.05, 4.69) is 32.2 Å². The number of nitrogens with zero attached hydrogens (tertiary/aromatic N) is 4. The van der Waals surface area contributed by atoms with Crippen LogP contribution in [0.15, 0.2) is 24.5 Å². The molecule has 1 aliphatic heterocycles. The van der Waals surface area contributed by atoms with Crippen LogP contribution in [0.3, 0.4) is 0 Å². The monoisotopic (exact) mass is 286 g/mol. The summed E-state index contributed by atoms with van der Waals surface area (Å²) < 4.78 is 0. The molecule has 0 bridgehead atoms. The van der Waals surface area contributed by atoms with E-state index in [1.54, 1.807) is 0 Å². The molecule has 4 nitrogen and oxygen atoms in total. The molecule has 0 radical (unpaired) electrons. The third-order valence-electron chi connectivity index (χ3n) is 4.22. The molecule has 1 aliphatic carbocycles. The van der Waals surface area contributed by atoms with E-state index >= 15 is 0 Å². The van der Waals surface area contributed by atoms with E-state index in [0.717, 1.165) is 25.6 Å². The molecule has 1 unspecified atom stereocenters. The van der Waals surface area contributed by atoms with Crippen LogP contribution in [0.25, 0.3) is 0 Å². The quantitative estimate of drug-likeness (QED) is 0.866. The molecule has 5 heteroatoms. The first-order valence-electron chi connectivity index (χ1n) is 7.33. The van der Waals surface area contributed by atoms with Crippen molar-refractivity contribution in [3.8, 4) is 0 Å². The van der Waals surface area contributed by atoms with Crippen molar-refractivity contribution in [1.82, 2.24) is 20.1 Å². The highest BCUT2D eigenvalue weighted by molar-refractivity contribution is 7.11. The molecule has 0 amide bonds. The first kappa shape index (κ1) is 12.4. The fourth-order valence-corrected chi connectivity index (χ4v) is 3.96. The Bertz CT molecular complexity index is 579. The minimum absolute atomic E-state index is 0.647. The molecule has 2 aromatic heterocycles. The molecule has 0 N–H and O–H groups in total. The molecule has 1 atom stereocenters. The van der Waals surface area contributed by atoms with Crippen molar-refractivity contribution in [1.29, 1.82) is 0 Å². The number of likely N-dealkylation sites (tertiary alicyclic amines) is 1. The van der Waals surface area contributed by atoms with E-state index in [1.165, 1.54) is 34.8 Å². The summed E-state index contributed by atoms with van der Waals surface area (Å²) in [5.41, 5.74) is 1.42. The average Bonchev–Trinajstić information content (AvgIpc) is 3.06. The first-order valence-corrected chi connectivity index (χ1v) is 8.14. The minimum atomic E-state index is 0.647. The van der Waals surface area contributed by atoms with Crippen molar-refractivity contribution in [3.63, 3.8) is 0 Å². The third-order valence-corrected chi connectivity index (χ3v) is 5.29. The van der Waals surface area contributed by atoms with E-state index in [0.29, 0.717) is 5.92 Å². The number of aromatic nitrogens is 3. The maximum absolute atomic E-state index is 4.36. The van der Waals surface area contributed by atoms with Crippen molar-refractivity contribution in [3.05, 3.63) is 40.1 Å². The third kappa shape index (κ3) is 2.60. The summed E-state index contributed by atoms with van der Waals surface area (Å²) in [6.45, 7) is 3.25. The topological polar surface area (TPSA) is 41.9 Å². The smallest absolute Gasteiger partial charge is 0.131 e. The second-order valence-corrected chi connectivity index (χ2v) is 6.90. The molecular formula is C15H18N4S. The normalized spacial score (nSPS) is 23.3. The van der Waals surface area contributed by atoms with Crippen LogP contribution in [0.4, 0.5) is 0 Å². The molecule has 1 saturated heterocycles. The summed E-state index contributed by atoms with van der Waals surface area (Å²) in [5.74, 6) is 1.37. The summed E-state index contributed by atoms with van der Waals surface area (Å²) in [6, 6.07) is 4.29. The number of pyridine rings is 1. The van der Waals surface area contributed by atoms with E-state index in [9.17, 15) is 0 Å². The lowest BCUT2D eigenvalue weighted by atomic mass is 10.00. The Morgan fingerprint density at radius 2 is 1.95 bits per heavy atom. The predicted molar refractivity (Wildman–Crippen MR) is 78.8 cm³/mol. The molecule has 0 spiro atoms. The van der Waals surface area contributed by atoms with Gasteiger partial charge in [0.05, 0.1) is 6.54 Å². The number of hydrogen-bond donors (Lipinski definition) is 0. The zero-order chi connectivity index (χ0) is 13.4. The van der Waals surface area contributed by atoms with Gasteiger partial charge in [0.1, 0.15) is 10.0 Å². The van der Waals surface area contributed by atoms with E-state index < -0.39 is 0 Å². The van der Waals surface area contributed by atoms with E-state index in [-0.39, 0.29) is 0 Å². The van der Waals surface area contributed by atoms with Gasteiger partial charge in [-0.15, -0.1) is 10.2 Å². The van der Waals surface area contributed by atoms with Gasteiger partial charge in [0.15, 0.2) is 0 Å². The van der Waals surface area contributed by atoms with Gasteiger partial charge in [0, 0.05) is 24.9 Å². The predicted octanol–water partition coefficient (Wildman–Crippen LogP) is 2.80. The van der Waals surface area contributed by atoms with Crippen molar-refractivity contribution >= 4 is 11.3 Å². The molecular weight excluding hydrogens is 268 g/mol. The SMILES string of the molecule is c1cc(C2CCN(Cc3nnc(C4CC4)s3)C2)ccn1. The minimum Gasteiger partial charge on any atom is -0.296 e. The number of hydrogen-bond acceptors (Lipinski definition) is 5. The van der Waals surface area contributed by atoms with Crippen LogP contribution in [0, 0.1) is 0 Å². The Kier molecular flexibility index (Phi) is 3.24. The van der Waals surface area contributed by atoms with Crippen molar-refractivity contribution < 1.29 is 0 Å². The second-order valence-electron chi connectivity index (χ2n) is 5.81. The van der Waals surface area contributed by atoms with Gasteiger partial charge >= 0.3 is 0 Å². The molecule has 104 valence electrons. The second kappa shape index (κ2) is 5.22. The van der Waals surface area contributed by atoms with Gasteiger partial charge in [0.2, 0.25) is 0 Å².